The molecule has 0 bridgehead atoms. The Balaban J connectivity index is 2.76. The molecule has 92 valence electrons. The molecule has 0 aliphatic heterocycles. The van der Waals surface area contributed by atoms with Gasteiger partial charge in [-0.25, -0.2) is 4.79 Å². The maximum absolute atomic E-state index is 11.7. The maximum Gasteiger partial charge on any atom is 0.420 e. The first kappa shape index (κ1) is 11.9. The number of aliphatic hydroxyl groups is 1. The zero-order chi connectivity index (χ0) is 12.8. The second-order valence-electron chi connectivity index (χ2n) is 5.07. The van der Waals surface area contributed by atoms with Crippen LogP contribution >= 0.6 is 0 Å². The molecule has 1 heterocycles. The molecule has 4 heteroatoms. The molecule has 1 aromatic heterocycles. The van der Waals surface area contributed by atoms with E-state index >= 15 is 0 Å². The van der Waals surface area contributed by atoms with Gasteiger partial charge in [0.2, 0.25) is 0 Å². The number of benzene rings is 1. The number of hydrogen-bond acceptors (Lipinski definition) is 3. The number of aromatic nitrogens is 1. The first-order valence-electron chi connectivity index (χ1n) is 5.68. The molecular weight excluding hydrogens is 218 g/mol. The standard InChI is InChI=1S/C13H17NO3/c1-8(2)14-10-7-9(13(3,4)16)5-6-11(10)17-12(14)15/h5-8,16H,1-4H3. The van der Waals surface area contributed by atoms with Crippen LogP contribution in [0.25, 0.3) is 11.1 Å². The normalized spacial score (nSPS) is 12.6. The molecule has 0 aliphatic rings. The fraction of sp³-hybridized carbons (Fsp3) is 0.462. The average Bonchev–Trinajstić information content (AvgIpc) is 2.50. The van der Waals surface area contributed by atoms with Crippen LogP contribution in [-0.2, 0) is 5.60 Å². The molecule has 1 N–H and O–H groups in total. The van der Waals surface area contributed by atoms with Crippen molar-refractivity contribution in [3.05, 3.63) is 34.3 Å². The van der Waals surface area contributed by atoms with Crippen molar-refractivity contribution >= 4 is 11.1 Å². The quantitative estimate of drug-likeness (QED) is 0.869. The first-order chi connectivity index (χ1) is 7.80. The Morgan fingerprint density at radius 2 is 2.00 bits per heavy atom. The van der Waals surface area contributed by atoms with Gasteiger partial charge in [-0.2, -0.15) is 0 Å². The number of rotatable bonds is 2. The third-order valence-corrected chi connectivity index (χ3v) is 2.84. The van der Waals surface area contributed by atoms with Crippen LogP contribution in [0.4, 0.5) is 0 Å². The van der Waals surface area contributed by atoms with Gasteiger partial charge in [0.25, 0.3) is 0 Å². The molecule has 17 heavy (non-hydrogen) atoms. The van der Waals surface area contributed by atoms with Gasteiger partial charge in [-0.15, -0.1) is 0 Å². The summed E-state index contributed by atoms with van der Waals surface area (Å²) in [7, 11) is 0. The van der Waals surface area contributed by atoms with Gasteiger partial charge in [0.1, 0.15) is 0 Å². The Labute approximate surface area is 99.5 Å². The van der Waals surface area contributed by atoms with E-state index in [0.29, 0.717) is 5.58 Å². The Morgan fingerprint density at radius 1 is 1.35 bits per heavy atom. The zero-order valence-electron chi connectivity index (χ0n) is 10.5. The third-order valence-electron chi connectivity index (χ3n) is 2.84. The summed E-state index contributed by atoms with van der Waals surface area (Å²) in [6.45, 7) is 7.28. The van der Waals surface area contributed by atoms with Gasteiger partial charge >= 0.3 is 5.76 Å². The van der Waals surface area contributed by atoms with Crippen LogP contribution in [-0.4, -0.2) is 9.67 Å². The molecule has 0 aliphatic carbocycles. The monoisotopic (exact) mass is 235 g/mol. The maximum atomic E-state index is 11.7. The Morgan fingerprint density at radius 3 is 2.53 bits per heavy atom. The Kier molecular flexibility index (Phi) is 2.62. The predicted octanol–water partition coefficient (Wildman–Crippen LogP) is 2.40. The van der Waals surface area contributed by atoms with Gasteiger partial charge in [-0.05, 0) is 45.4 Å². The van der Waals surface area contributed by atoms with Crippen LogP contribution in [0.1, 0.15) is 39.3 Å². The molecule has 0 saturated carbocycles. The first-order valence-corrected chi connectivity index (χ1v) is 5.68. The van der Waals surface area contributed by atoms with Gasteiger partial charge in [0.05, 0.1) is 11.1 Å². The topological polar surface area (TPSA) is 55.4 Å². The van der Waals surface area contributed by atoms with E-state index in [9.17, 15) is 9.90 Å². The van der Waals surface area contributed by atoms with Crippen LogP contribution in [0.15, 0.2) is 27.4 Å². The van der Waals surface area contributed by atoms with Crippen LogP contribution in [0, 0.1) is 0 Å². The minimum absolute atomic E-state index is 0.0285. The van der Waals surface area contributed by atoms with Gasteiger partial charge < -0.3 is 9.52 Å². The van der Waals surface area contributed by atoms with Crippen molar-refractivity contribution < 1.29 is 9.52 Å². The van der Waals surface area contributed by atoms with E-state index in [1.54, 1.807) is 36.6 Å². The Hall–Kier alpha value is -1.55. The highest BCUT2D eigenvalue weighted by Gasteiger charge is 2.19. The van der Waals surface area contributed by atoms with E-state index < -0.39 is 5.60 Å². The van der Waals surface area contributed by atoms with Crippen molar-refractivity contribution in [3.8, 4) is 0 Å². The SMILES string of the molecule is CC(C)n1c(=O)oc2ccc(C(C)(C)O)cc21. The molecule has 0 unspecified atom stereocenters. The minimum atomic E-state index is -0.927. The molecule has 4 nitrogen and oxygen atoms in total. The lowest BCUT2D eigenvalue weighted by Crippen LogP contribution is -2.17. The summed E-state index contributed by atoms with van der Waals surface area (Å²) in [5.41, 5.74) is 1.12. The Bertz CT molecular complexity index is 599. The van der Waals surface area contributed by atoms with Gasteiger partial charge in [-0.3, -0.25) is 4.57 Å². The summed E-state index contributed by atoms with van der Waals surface area (Å²) in [4.78, 5) is 11.7. The van der Waals surface area contributed by atoms with Crippen molar-refractivity contribution in [2.24, 2.45) is 0 Å². The highest BCUT2D eigenvalue weighted by atomic mass is 16.4. The van der Waals surface area contributed by atoms with Crippen molar-refractivity contribution in [3.63, 3.8) is 0 Å². The summed E-state index contributed by atoms with van der Waals surface area (Å²) >= 11 is 0. The van der Waals surface area contributed by atoms with E-state index in [-0.39, 0.29) is 11.8 Å². The lowest BCUT2D eigenvalue weighted by molar-refractivity contribution is 0.0787. The van der Waals surface area contributed by atoms with Crippen LogP contribution in [0.2, 0.25) is 0 Å². The highest BCUT2D eigenvalue weighted by molar-refractivity contribution is 5.74. The molecule has 0 saturated heterocycles. The van der Waals surface area contributed by atoms with Crippen molar-refractivity contribution in [2.45, 2.75) is 39.3 Å². The van der Waals surface area contributed by atoms with E-state index in [2.05, 4.69) is 0 Å². The smallest absolute Gasteiger partial charge is 0.408 e. The molecule has 0 radical (unpaired) electrons. The minimum Gasteiger partial charge on any atom is -0.408 e. The third kappa shape index (κ3) is 2.00. The fourth-order valence-electron chi connectivity index (χ4n) is 1.90. The number of fused-ring (bicyclic) bond motifs is 1. The molecule has 1 aromatic carbocycles. The largest absolute Gasteiger partial charge is 0.420 e. The average molecular weight is 235 g/mol. The van der Waals surface area contributed by atoms with E-state index in [4.69, 9.17) is 4.42 Å². The van der Waals surface area contributed by atoms with Gasteiger partial charge in [0, 0.05) is 6.04 Å². The molecule has 0 fully saturated rings. The predicted molar refractivity (Wildman–Crippen MR) is 66.1 cm³/mol. The van der Waals surface area contributed by atoms with E-state index in [1.165, 1.54) is 0 Å². The lowest BCUT2D eigenvalue weighted by atomic mass is 9.98. The van der Waals surface area contributed by atoms with Crippen molar-refractivity contribution in [1.82, 2.24) is 4.57 Å². The second kappa shape index (κ2) is 3.74. The zero-order valence-corrected chi connectivity index (χ0v) is 10.5. The second-order valence-corrected chi connectivity index (χ2v) is 5.07. The van der Waals surface area contributed by atoms with Crippen LogP contribution in [0.3, 0.4) is 0 Å². The van der Waals surface area contributed by atoms with Crippen LogP contribution < -0.4 is 5.76 Å². The van der Waals surface area contributed by atoms with Crippen molar-refractivity contribution in [2.75, 3.05) is 0 Å². The fourth-order valence-corrected chi connectivity index (χ4v) is 1.90. The molecule has 0 spiro atoms. The summed E-state index contributed by atoms with van der Waals surface area (Å²) in [5, 5.41) is 9.97. The summed E-state index contributed by atoms with van der Waals surface area (Å²) < 4.78 is 6.74. The van der Waals surface area contributed by atoms with E-state index in [1.807, 2.05) is 13.8 Å². The van der Waals surface area contributed by atoms with E-state index in [0.717, 1.165) is 11.1 Å². The molecular formula is C13H17NO3. The highest BCUT2D eigenvalue weighted by Crippen LogP contribution is 2.25. The molecule has 0 amide bonds. The molecule has 2 rings (SSSR count). The molecule has 0 atom stereocenters. The summed E-state index contributed by atoms with van der Waals surface area (Å²) in [5.74, 6) is -0.358. The lowest BCUT2D eigenvalue weighted by Gasteiger charge is -2.17. The number of hydrogen-bond donors (Lipinski definition) is 1. The van der Waals surface area contributed by atoms with Crippen LogP contribution in [0.5, 0.6) is 0 Å². The van der Waals surface area contributed by atoms with Gasteiger partial charge in [-0.1, -0.05) is 6.07 Å². The van der Waals surface area contributed by atoms with Gasteiger partial charge in [0.15, 0.2) is 5.58 Å². The summed E-state index contributed by atoms with van der Waals surface area (Å²) in [6.07, 6.45) is 0. The number of nitrogens with zero attached hydrogens (tertiary/aromatic N) is 1. The number of oxazole rings is 1. The molecule has 2 aromatic rings. The summed E-state index contributed by atoms with van der Waals surface area (Å²) in [6, 6.07) is 5.33. The van der Waals surface area contributed by atoms with Crippen molar-refractivity contribution in [1.29, 1.82) is 0 Å².